The number of carbonyl (C=O) groups is 1. The molecule has 0 saturated carbocycles. The maximum atomic E-state index is 12.5. The number of aliphatic imine (C=N–C) groups is 1. The number of hydrogen-bond donors (Lipinski definition) is 3. The molecule has 0 spiro atoms. The molecule has 11 heteroatoms. The van der Waals surface area contributed by atoms with Gasteiger partial charge in [-0.25, -0.2) is 4.98 Å². The van der Waals surface area contributed by atoms with Crippen LogP contribution in [0.15, 0.2) is 34.6 Å². The lowest BCUT2D eigenvalue weighted by Crippen LogP contribution is -2.41. The second-order valence-corrected chi connectivity index (χ2v) is 6.41. The third kappa shape index (κ3) is 6.41. The first-order valence-electron chi connectivity index (χ1n) is 8.22. The number of nitrogens with zero attached hydrogens (tertiary/aromatic N) is 2. The Hall–Kier alpha value is -2.82. The van der Waals surface area contributed by atoms with Crippen LogP contribution in [0, 0.1) is 0 Å². The monoisotopic (exact) mass is 415 g/mol. The van der Waals surface area contributed by atoms with Crippen LogP contribution in [-0.2, 0) is 12.7 Å². The maximum Gasteiger partial charge on any atom is 0.434 e. The zero-order valence-electron chi connectivity index (χ0n) is 15.3. The van der Waals surface area contributed by atoms with Gasteiger partial charge in [-0.05, 0) is 18.2 Å². The fraction of sp³-hybridized carbons (Fsp3) is 0.353. The van der Waals surface area contributed by atoms with Crippen LogP contribution < -0.4 is 20.7 Å². The standard InChI is InChI=1S/C17H20F3N5O2S/c1-21-16(24-9-14-25-13(10-28-14)17(18,19)20)23-7-6-22-15(26)11-4-3-5-12(8-11)27-2/h3-5,8,10H,6-7,9H2,1-2H3,(H,22,26)(H2,21,23,24). The SMILES string of the molecule is CN=C(NCCNC(=O)c1cccc(OC)c1)NCc1nc(C(F)(F)F)cs1. The van der Waals surface area contributed by atoms with Gasteiger partial charge in [0.15, 0.2) is 11.7 Å². The van der Waals surface area contributed by atoms with Gasteiger partial charge in [-0.1, -0.05) is 6.07 Å². The second-order valence-electron chi connectivity index (χ2n) is 5.46. The van der Waals surface area contributed by atoms with E-state index in [1.807, 2.05) is 0 Å². The summed E-state index contributed by atoms with van der Waals surface area (Å²) >= 11 is 0.918. The molecular weight excluding hydrogens is 395 g/mol. The van der Waals surface area contributed by atoms with Gasteiger partial charge in [-0.15, -0.1) is 11.3 Å². The van der Waals surface area contributed by atoms with Crippen molar-refractivity contribution in [2.24, 2.45) is 4.99 Å². The summed E-state index contributed by atoms with van der Waals surface area (Å²) in [5, 5.41) is 9.85. The van der Waals surface area contributed by atoms with Crippen molar-refractivity contribution in [2.45, 2.75) is 12.7 Å². The molecule has 2 rings (SSSR count). The van der Waals surface area contributed by atoms with Crippen LogP contribution in [0.25, 0.3) is 0 Å². The number of carbonyl (C=O) groups excluding carboxylic acids is 1. The van der Waals surface area contributed by atoms with Crippen LogP contribution in [0.1, 0.15) is 21.1 Å². The highest BCUT2D eigenvalue weighted by molar-refractivity contribution is 7.09. The molecule has 0 aliphatic rings. The lowest BCUT2D eigenvalue weighted by molar-refractivity contribution is -0.140. The summed E-state index contributed by atoms with van der Waals surface area (Å²) in [5.41, 5.74) is -0.427. The second kappa shape index (κ2) is 9.93. The summed E-state index contributed by atoms with van der Waals surface area (Å²) in [5.74, 6) is 0.733. The summed E-state index contributed by atoms with van der Waals surface area (Å²) in [4.78, 5) is 19.6. The summed E-state index contributed by atoms with van der Waals surface area (Å²) in [7, 11) is 3.06. The van der Waals surface area contributed by atoms with Crippen molar-refractivity contribution in [3.05, 3.63) is 45.9 Å². The van der Waals surface area contributed by atoms with Gasteiger partial charge >= 0.3 is 6.18 Å². The summed E-state index contributed by atoms with van der Waals surface area (Å²) in [6.45, 7) is 0.809. The fourth-order valence-electron chi connectivity index (χ4n) is 2.13. The lowest BCUT2D eigenvalue weighted by atomic mass is 10.2. The molecule has 0 aliphatic carbocycles. The predicted octanol–water partition coefficient (Wildman–Crippen LogP) is 2.27. The molecule has 1 aromatic heterocycles. The Kier molecular flexibility index (Phi) is 7.61. The minimum atomic E-state index is -4.45. The molecule has 1 aromatic carbocycles. The fourth-order valence-corrected chi connectivity index (χ4v) is 2.87. The zero-order valence-corrected chi connectivity index (χ0v) is 16.1. The number of thiazole rings is 1. The average Bonchev–Trinajstić information content (AvgIpc) is 3.17. The van der Waals surface area contributed by atoms with Crippen molar-refractivity contribution in [1.82, 2.24) is 20.9 Å². The highest BCUT2D eigenvalue weighted by atomic mass is 32.1. The van der Waals surface area contributed by atoms with Gasteiger partial charge in [0.25, 0.3) is 5.91 Å². The lowest BCUT2D eigenvalue weighted by Gasteiger charge is -2.11. The van der Waals surface area contributed by atoms with E-state index in [2.05, 4.69) is 25.9 Å². The first-order chi connectivity index (χ1) is 13.3. The number of methoxy groups -OCH3 is 1. The molecule has 0 bridgehead atoms. The molecule has 0 unspecified atom stereocenters. The van der Waals surface area contributed by atoms with Gasteiger partial charge < -0.3 is 20.7 Å². The highest BCUT2D eigenvalue weighted by Gasteiger charge is 2.33. The van der Waals surface area contributed by atoms with E-state index in [0.29, 0.717) is 35.4 Å². The molecule has 0 aliphatic heterocycles. The number of aromatic nitrogens is 1. The normalized spacial score (nSPS) is 11.8. The van der Waals surface area contributed by atoms with Crippen molar-refractivity contribution < 1.29 is 22.7 Å². The van der Waals surface area contributed by atoms with Crippen LogP contribution in [-0.4, -0.2) is 44.1 Å². The summed E-state index contributed by atoms with van der Waals surface area (Å²) < 4.78 is 42.7. The van der Waals surface area contributed by atoms with E-state index in [-0.39, 0.29) is 12.5 Å². The van der Waals surface area contributed by atoms with Crippen molar-refractivity contribution >= 4 is 23.2 Å². The quantitative estimate of drug-likeness (QED) is 0.367. The third-order valence-electron chi connectivity index (χ3n) is 3.51. The van der Waals surface area contributed by atoms with E-state index in [0.717, 1.165) is 16.7 Å². The molecule has 0 fully saturated rings. The van der Waals surface area contributed by atoms with E-state index in [9.17, 15) is 18.0 Å². The van der Waals surface area contributed by atoms with Crippen LogP contribution in [0.2, 0.25) is 0 Å². The summed E-state index contributed by atoms with van der Waals surface area (Å²) in [6, 6.07) is 6.77. The first kappa shape index (κ1) is 21.5. The molecule has 3 N–H and O–H groups in total. The van der Waals surface area contributed by atoms with Crippen molar-refractivity contribution in [3.63, 3.8) is 0 Å². The topological polar surface area (TPSA) is 87.6 Å². The smallest absolute Gasteiger partial charge is 0.434 e. The Morgan fingerprint density at radius 2 is 2.00 bits per heavy atom. The Balaban J connectivity index is 1.73. The van der Waals surface area contributed by atoms with Crippen molar-refractivity contribution in [3.8, 4) is 5.75 Å². The van der Waals surface area contributed by atoms with Gasteiger partial charge in [0.05, 0.1) is 13.7 Å². The number of rotatable bonds is 7. The van der Waals surface area contributed by atoms with Crippen LogP contribution in [0.4, 0.5) is 13.2 Å². The molecule has 1 amide bonds. The third-order valence-corrected chi connectivity index (χ3v) is 4.36. The Morgan fingerprint density at radius 3 is 2.64 bits per heavy atom. The largest absolute Gasteiger partial charge is 0.497 e. The van der Waals surface area contributed by atoms with E-state index < -0.39 is 11.9 Å². The minimum Gasteiger partial charge on any atom is -0.497 e. The maximum absolute atomic E-state index is 12.5. The number of halogens is 3. The minimum absolute atomic E-state index is 0.108. The van der Waals surface area contributed by atoms with Gasteiger partial charge in [0.2, 0.25) is 0 Å². The van der Waals surface area contributed by atoms with E-state index in [1.165, 1.54) is 14.2 Å². The number of benzene rings is 1. The highest BCUT2D eigenvalue weighted by Crippen LogP contribution is 2.29. The van der Waals surface area contributed by atoms with Crippen molar-refractivity contribution in [1.29, 1.82) is 0 Å². The van der Waals surface area contributed by atoms with Gasteiger partial charge in [0, 0.05) is 31.1 Å². The molecule has 7 nitrogen and oxygen atoms in total. The van der Waals surface area contributed by atoms with E-state index >= 15 is 0 Å². The van der Waals surface area contributed by atoms with Crippen LogP contribution in [0.3, 0.4) is 0 Å². The molecular formula is C17H20F3N5O2S. The number of ether oxygens (including phenoxy) is 1. The van der Waals surface area contributed by atoms with Crippen LogP contribution >= 0.6 is 11.3 Å². The van der Waals surface area contributed by atoms with Crippen LogP contribution in [0.5, 0.6) is 5.75 Å². The molecule has 0 atom stereocenters. The zero-order chi connectivity index (χ0) is 20.6. The molecule has 1 heterocycles. The number of alkyl halides is 3. The van der Waals surface area contributed by atoms with Gasteiger partial charge in [-0.2, -0.15) is 13.2 Å². The molecule has 152 valence electrons. The number of hydrogen-bond acceptors (Lipinski definition) is 5. The van der Waals surface area contributed by atoms with Gasteiger partial charge in [-0.3, -0.25) is 9.79 Å². The molecule has 2 aromatic rings. The molecule has 0 saturated heterocycles. The van der Waals surface area contributed by atoms with E-state index in [4.69, 9.17) is 4.74 Å². The Labute approximate surface area is 164 Å². The van der Waals surface area contributed by atoms with E-state index in [1.54, 1.807) is 24.3 Å². The van der Waals surface area contributed by atoms with Gasteiger partial charge in [0.1, 0.15) is 10.8 Å². The first-order valence-corrected chi connectivity index (χ1v) is 9.10. The van der Waals surface area contributed by atoms with Crippen molar-refractivity contribution in [2.75, 3.05) is 27.2 Å². The predicted molar refractivity (Wildman–Crippen MR) is 101 cm³/mol. The molecule has 28 heavy (non-hydrogen) atoms. The number of amides is 1. The number of guanidine groups is 1. The average molecular weight is 415 g/mol. The Morgan fingerprint density at radius 1 is 1.25 bits per heavy atom. The molecule has 0 radical (unpaired) electrons. The number of nitrogens with one attached hydrogen (secondary N) is 3. The Bertz CT molecular complexity index is 823. The summed E-state index contributed by atoms with van der Waals surface area (Å²) in [6.07, 6.45) is -4.45.